The van der Waals surface area contributed by atoms with Crippen LogP contribution in [0.1, 0.15) is 14.5 Å². The lowest BCUT2D eigenvalue weighted by Crippen LogP contribution is -2.44. The van der Waals surface area contributed by atoms with Crippen molar-refractivity contribution in [3.63, 3.8) is 0 Å². The highest BCUT2D eigenvalue weighted by atomic mass is 32.1. The van der Waals surface area contributed by atoms with Crippen molar-refractivity contribution in [3.05, 3.63) is 44.8 Å². The van der Waals surface area contributed by atoms with Crippen LogP contribution in [0.2, 0.25) is 0 Å². The summed E-state index contributed by atoms with van der Waals surface area (Å²) in [6, 6.07) is 7.57. The topological polar surface area (TPSA) is 70.6 Å². The van der Waals surface area contributed by atoms with Crippen LogP contribution in [0.3, 0.4) is 0 Å². The van der Waals surface area contributed by atoms with Crippen molar-refractivity contribution in [2.75, 3.05) is 13.2 Å². The first kappa shape index (κ1) is 15.6. The van der Waals surface area contributed by atoms with Crippen LogP contribution in [0.5, 0.6) is 0 Å². The van der Waals surface area contributed by atoms with Gasteiger partial charge in [0.1, 0.15) is 6.10 Å². The lowest BCUT2D eigenvalue weighted by atomic mass is 10.1. The van der Waals surface area contributed by atoms with Crippen LogP contribution in [-0.2, 0) is 11.3 Å². The molecule has 2 aromatic heterocycles. The zero-order valence-electron chi connectivity index (χ0n) is 11.9. The van der Waals surface area contributed by atoms with Crippen LogP contribution in [0.4, 0.5) is 0 Å². The van der Waals surface area contributed by atoms with E-state index in [0.717, 1.165) is 6.54 Å². The molecule has 7 heteroatoms. The molecule has 0 bridgehead atoms. The number of hydrogen-bond donors (Lipinski definition) is 3. The molecule has 1 aliphatic heterocycles. The Kier molecular flexibility index (Phi) is 5.22. The normalized spacial score (nSPS) is 24.5. The maximum absolute atomic E-state index is 11.9. The van der Waals surface area contributed by atoms with Crippen LogP contribution in [0, 0.1) is 0 Å². The molecule has 5 nitrogen and oxygen atoms in total. The fraction of sp³-hybridized carbons (Fsp3) is 0.400. The highest BCUT2D eigenvalue weighted by Crippen LogP contribution is 2.16. The van der Waals surface area contributed by atoms with Crippen molar-refractivity contribution < 1.29 is 14.6 Å². The molecule has 118 valence electrons. The van der Waals surface area contributed by atoms with E-state index in [0.29, 0.717) is 18.0 Å². The van der Waals surface area contributed by atoms with Crippen molar-refractivity contribution in [2.24, 2.45) is 0 Å². The van der Waals surface area contributed by atoms with E-state index in [1.165, 1.54) is 16.2 Å². The summed E-state index contributed by atoms with van der Waals surface area (Å²) in [6.07, 6.45) is -0.992. The Balaban J connectivity index is 1.44. The number of thiophene rings is 2. The fourth-order valence-electron chi connectivity index (χ4n) is 2.38. The van der Waals surface area contributed by atoms with E-state index >= 15 is 0 Å². The van der Waals surface area contributed by atoms with Crippen LogP contribution in [0.25, 0.3) is 0 Å². The molecule has 0 spiro atoms. The smallest absolute Gasteiger partial charge is 0.261 e. The maximum Gasteiger partial charge on any atom is 0.261 e. The molecule has 1 amide bonds. The molecule has 0 aromatic carbocycles. The van der Waals surface area contributed by atoms with Crippen molar-refractivity contribution >= 4 is 28.6 Å². The largest absolute Gasteiger partial charge is 0.389 e. The third-order valence-corrected chi connectivity index (χ3v) is 5.36. The van der Waals surface area contributed by atoms with E-state index in [2.05, 4.69) is 16.7 Å². The average Bonchev–Trinajstić information content (AvgIpc) is 3.26. The monoisotopic (exact) mass is 338 g/mol. The summed E-state index contributed by atoms with van der Waals surface area (Å²) >= 11 is 3.08. The van der Waals surface area contributed by atoms with Crippen LogP contribution in [-0.4, -0.2) is 42.4 Å². The van der Waals surface area contributed by atoms with Gasteiger partial charge in [-0.1, -0.05) is 12.1 Å². The molecule has 0 radical (unpaired) electrons. The Labute approximate surface area is 136 Å². The van der Waals surface area contributed by atoms with E-state index in [4.69, 9.17) is 4.74 Å². The summed E-state index contributed by atoms with van der Waals surface area (Å²) in [4.78, 5) is 13.8. The molecule has 1 saturated heterocycles. The lowest BCUT2D eigenvalue weighted by Gasteiger charge is -2.18. The Morgan fingerprint density at radius 2 is 2.14 bits per heavy atom. The van der Waals surface area contributed by atoms with Crippen molar-refractivity contribution in [1.82, 2.24) is 10.6 Å². The Bertz CT molecular complexity index is 586. The number of hydrogen-bond acceptors (Lipinski definition) is 6. The van der Waals surface area contributed by atoms with E-state index in [1.54, 1.807) is 17.4 Å². The predicted molar refractivity (Wildman–Crippen MR) is 87.3 cm³/mol. The third-order valence-electron chi connectivity index (χ3n) is 3.61. The van der Waals surface area contributed by atoms with Gasteiger partial charge in [0.15, 0.2) is 0 Å². The molecule has 0 unspecified atom stereocenters. The Morgan fingerprint density at radius 3 is 2.86 bits per heavy atom. The number of ether oxygens (including phenoxy) is 1. The fourth-order valence-corrected chi connectivity index (χ4v) is 3.67. The van der Waals surface area contributed by atoms with E-state index in [1.807, 2.05) is 22.9 Å². The SMILES string of the molecule is O=C(NC[C@H]1OC[C@@H](NCc2cccs2)[C@@H]1O)c1cccs1. The van der Waals surface area contributed by atoms with E-state index in [-0.39, 0.29) is 18.1 Å². The molecule has 1 fully saturated rings. The quantitative estimate of drug-likeness (QED) is 0.746. The van der Waals surface area contributed by atoms with Gasteiger partial charge in [-0.15, -0.1) is 22.7 Å². The predicted octanol–water partition coefficient (Wildman–Crippen LogP) is 1.46. The van der Waals surface area contributed by atoms with Crippen molar-refractivity contribution in [3.8, 4) is 0 Å². The zero-order chi connectivity index (χ0) is 15.4. The summed E-state index contributed by atoms with van der Waals surface area (Å²) in [7, 11) is 0. The molecular formula is C15H18N2O3S2. The van der Waals surface area contributed by atoms with Crippen molar-refractivity contribution in [1.29, 1.82) is 0 Å². The maximum atomic E-state index is 11.9. The summed E-state index contributed by atoms with van der Waals surface area (Å²) in [6.45, 7) is 1.48. The molecule has 3 atom stereocenters. The van der Waals surface area contributed by atoms with Gasteiger partial charge < -0.3 is 20.5 Å². The second-order valence-electron chi connectivity index (χ2n) is 5.12. The standard InChI is InChI=1S/C15H18N2O3S2/c18-14-11(16-7-10-3-1-5-21-10)9-20-12(14)8-17-15(19)13-4-2-6-22-13/h1-6,11-12,14,16,18H,7-9H2,(H,17,19)/t11-,12-,14+/m1/s1. The number of rotatable bonds is 6. The molecule has 2 aromatic rings. The van der Waals surface area contributed by atoms with Crippen LogP contribution < -0.4 is 10.6 Å². The summed E-state index contributed by atoms with van der Waals surface area (Å²) in [5, 5.41) is 20.3. The molecule has 1 aliphatic rings. The minimum absolute atomic E-state index is 0.106. The molecule has 3 rings (SSSR count). The highest BCUT2D eigenvalue weighted by molar-refractivity contribution is 7.12. The van der Waals surface area contributed by atoms with E-state index in [9.17, 15) is 9.90 Å². The third kappa shape index (κ3) is 3.74. The highest BCUT2D eigenvalue weighted by Gasteiger charge is 2.35. The minimum Gasteiger partial charge on any atom is -0.389 e. The average molecular weight is 338 g/mol. The molecule has 22 heavy (non-hydrogen) atoms. The van der Waals surface area contributed by atoms with Gasteiger partial charge in [0, 0.05) is 18.0 Å². The second-order valence-corrected chi connectivity index (χ2v) is 7.10. The Hall–Kier alpha value is -1.25. The molecule has 3 heterocycles. The van der Waals surface area contributed by atoms with Gasteiger partial charge in [-0.05, 0) is 22.9 Å². The van der Waals surface area contributed by atoms with E-state index < -0.39 is 6.10 Å². The first-order chi connectivity index (χ1) is 10.7. The van der Waals surface area contributed by atoms with Gasteiger partial charge in [0.2, 0.25) is 0 Å². The number of aliphatic hydroxyl groups is 1. The molecule has 0 saturated carbocycles. The van der Waals surface area contributed by atoms with Gasteiger partial charge >= 0.3 is 0 Å². The summed E-state index contributed by atoms with van der Waals surface area (Å²) in [5.74, 6) is -0.124. The molecular weight excluding hydrogens is 320 g/mol. The number of nitrogens with one attached hydrogen (secondary N) is 2. The van der Waals surface area contributed by atoms with Crippen LogP contribution in [0.15, 0.2) is 35.0 Å². The van der Waals surface area contributed by atoms with Crippen LogP contribution >= 0.6 is 22.7 Å². The van der Waals surface area contributed by atoms with Crippen molar-refractivity contribution in [2.45, 2.75) is 24.8 Å². The van der Waals surface area contributed by atoms with Gasteiger partial charge in [0.25, 0.3) is 5.91 Å². The Morgan fingerprint density at radius 1 is 1.32 bits per heavy atom. The molecule has 0 aliphatic carbocycles. The summed E-state index contributed by atoms with van der Waals surface area (Å²) in [5.41, 5.74) is 0. The number of carbonyl (C=O) groups excluding carboxylic acids is 1. The number of amides is 1. The lowest BCUT2D eigenvalue weighted by molar-refractivity contribution is 0.0399. The second kappa shape index (κ2) is 7.34. The first-order valence-corrected chi connectivity index (χ1v) is 8.87. The summed E-state index contributed by atoms with van der Waals surface area (Å²) < 4.78 is 5.60. The minimum atomic E-state index is -0.622. The molecule has 3 N–H and O–H groups in total. The number of carbonyl (C=O) groups is 1. The first-order valence-electron chi connectivity index (χ1n) is 7.11. The number of aliphatic hydroxyl groups excluding tert-OH is 1. The van der Waals surface area contributed by atoms with Gasteiger partial charge in [-0.2, -0.15) is 0 Å². The van der Waals surface area contributed by atoms with Gasteiger partial charge in [-0.3, -0.25) is 4.79 Å². The van der Waals surface area contributed by atoms with Gasteiger partial charge in [-0.25, -0.2) is 0 Å². The van der Waals surface area contributed by atoms with Gasteiger partial charge in [0.05, 0.1) is 23.6 Å². The zero-order valence-corrected chi connectivity index (χ0v) is 13.5.